The van der Waals surface area contributed by atoms with Crippen LogP contribution in [0.3, 0.4) is 0 Å². The Hall–Kier alpha value is -1.39. The highest BCUT2D eigenvalue weighted by Gasteiger charge is 2.26. The third kappa shape index (κ3) is 3.38. The van der Waals surface area contributed by atoms with E-state index >= 15 is 0 Å². The Morgan fingerprint density at radius 1 is 1.20 bits per heavy atom. The van der Waals surface area contributed by atoms with E-state index in [1.165, 1.54) is 0 Å². The maximum Gasteiger partial charge on any atom is 0.138 e. The smallest absolute Gasteiger partial charge is 0.138 e. The number of aliphatic hydroxyl groups is 1. The number of hydrogen-bond donors (Lipinski definition) is 1. The van der Waals surface area contributed by atoms with Gasteiger partial charge < -0.3 is 9.84 Å². The lowest BCUT2D eigenvalue weighted by molar-refractivity contribution is 0.101. The SMILES string of the molecule is CC(C)Oc1cncc(C(C)(O)c2cccc(Br)c2)c1. The number of aromatic nitrogens is 1. The standard InChI is InChI=1S/C16H18BrNO2/c1-11(2)20-15-8-13(9-18-10-15)16(3,19)12-5-4-6-14(17)7-12/h4-11,19H,1-3H3. The largest absolute Gasteiger partial charge is 0.489 e. The summed E-state index contributed by atoms with van der Waals surface area (Å²) in [5, 5.41) is 10.8. The van der Waals surface area contributed by atoms with Crippen molar-refractivity contribution >= 4 is 15.9 Å². The molecule has 0 saturated carbocycles. The zero-order valence-corrected chi connectivity index (χ0v) is 13.4. The van der Waals surface area contributed by atoms with Gasteiger partial charge in [0.25, 0.3) is 0 Å². The Morgan fingerprint density at radius 2 is 1.95 bits per heavy atom. The van der Waals surface area contributed by atoms with Crippen molar-refractivity contribution in [3.05, 3.63) is 58.3 Å². The molecular formula is C16H18BrNO2. The molecule has 0 fully saturated rings. The van der Waals surface area contributed by atoms with Gasteiger partial charge in [0.15, 0.2) is 0 Å². The molecule has 3 nitrogen and oxygen atoms in total. The minimum Gasteiger partial charge on any atom is -0.489 e. The lowest BCUT2D eigenvalue weighted by atomic mass is 9.89. The van der Waals surface area contributed by atoms with Crippen LogP contribution >= 0.6 is 15.9 Å². The molecule has 2 rings (SSSR count). The number of pyridine rings is 1. The fraction of sp³-hybridized carbons (Fsp3) is 0.312. The molecule has 1 atom stereocenters. The normalized spacial score (nSPS) is 14.1. The van der Waals surface area contributed by atoms with Crippen LogP contribution in [0.1, 0.15) is 31.9 Å². The number of benzene rings is 1. The number of halogens is 1. The zero-order chi connectivity index (χ0) is 14.8. The van der Waals surface area contributed by atoms with Gasteiger partial charge in [0.1, 0.15) is 11.4 Å². The summed E-state index contributed by atoms with van der Waals surface area (Å²) in [6, 6.07) is 9.44. The fourth-order valence-corrected chi connectivity index (χ4v) is 2.38. The maximum absolute atomic E-state index is 10.8. The van der Waals surface area contributed by atoms with Crippen LogP contribution in [0, 0.1) is 0 Å². The summed E-state index contributed by atoms with van der Waals surface area (Å²) < 4.78 is 6.56. The van der Waals surface area contributed by atoms with Crippen molar-refractivity contribution < 1.29 is 9.84 Å². The summed E-state index contributed by atoms with van der Waals surface area (Å²) in [6.07, 6.45) is 3.39. The fourth-order valence-electron chi connectivity index (χ4n) is 1.98. The molecule has 1 aromatic carbocycles. The van der Waals surface area contributed by atoms with E-state index in [1.807, 2.05) is 44.2 Å². The molecule has 4 heteroatoms. The Morgan fingerprint density at radius 3 is 2.60 bits per heavy atom. The van der Waals surface area contributed by atoms with Crippen molar-refractivity contribution in [1.82, 2.24) is 4.98 Å². The van der Waals surface area contributed by atoms with E-state index in [4.69, 9.17) is 4.74 Å². The predicted molar refractivity (Wildman–Crippen MR) is 82.8 cm³/mol. The van der Waals surface area contributed by atoms with Gasteiger partial charge in [-0.15, -0.1) is 0 Å². The van der Waals surface area contributed by atoms with Crippen molar-refractivity contribution in [2.45, 2.75) is 32.5 Å². The maximum atomic E-state index is 10.8. The van der Waals surface area contributed by atoms with Crippen LogP contribution in [-0.4, -0.2) is 16.2 Å². The Kier molecular flexibility index (Phi) is 4.45. The third-order valence-corrected chi connectivity index (χ3v) is 3.53. The first-order chi connectivity index (χ1) is 9.39. The van der Waals surface area contributed by atoms with E-state index in [0.717, 1.165) is 10.0 Å². The van der Waals surface area contributed by atoms with Gasteiger partial charge in [-0.3, -0.25) is 4.98 Å². The summed E-state index contributed by atoms with van der Waals surface area (Å²) in [4.78, 5) is 4.16. The van der Waals surface area contributed by atoms with Crippen molar-refractivity contribution in [3.63, 3.8) is 0 Å². The van der Waals surface area contributed by atoms with Gasteiger partial charge in [0, 0.05) is 16.2 Å². The number of rotatable bonds is 4. The molecule has 0 aliphatic heterocycles. The minimum atomic E-state index is -1.12. The molecule has 0 amide bonds. The van der Waals surface area contributed by atoms with Crippen molar-refractivity contribution in [2.75, 3.05) is 0 Å². The zero-order valence-electron chi connectivity index (χ0n) is 11.8. The summed E-state index contributed by atoms with van der Waals surface area (Å²) in [5.41, 5.74) is 0.386. The second-order valence-electron chi connectivity index (χ2n) is 5.16. The molecular weight excluding hydrogens is 318 g/mol. The second kappa shape index (κ2) is 5.94. The van der Waals surface area contributed by atoms with Gasteiger partial charge >= 0.3 is 0 Å². The molecule has 1 aromatic heterocycles. The predicted octanol–water partition coefficient (Wildman–Crippen LogP) is 3.89. The van der Waals surface area contributed by atoms with Gasteiger partial charge in [-0.25, -0.2) is 0 Å². The van der Waals surface area contributed by atoms with Gasteiger partial charge in [0.2, 0.25) is 0 Å². The molecule has 20 heavy (non-hydrogen) atoms. The third-order valence-electron chi connectivity index (χ3n) is 3.03. The van der Waals surface area contributed by atoms with Gasteiger partial charge in [-0.2, -0.15) is 0 Å². The first kappa shape index (κ1) is 15.0. The molecule has 0 spiro atoms. The van der Waals surface area contributed by atoms with Gasteiger partial charge in [-0.05, 0) is 44.5 Å². The van der Waals surface area contributed by atoms with E-state index in [9.17, 15) is 5.11 Å². The summed E-state index contributed by atoms with van der Waals surface area (Å²) in [6.45, 7) is 5.67. The number of ether oxygens (including phenoxy) is 1. The minimum absolute atomic E-state index is 0.0721. The highest BCUT2D eigenvalue weighted by atomic mass is 79.9. The molecule has 0 bridgehead atoms. The summed E-state index contributed by atoms with van der Waals surface area (Å²) in [5.74, 6) is 0.660. The molecule has 2 aromatic rings. The van der Waals surface area contributed by atoms with Gasteiger partial charge in [0.05, 0.1) is 12.3 Å². The van der Waals surface area contributed by atoms with Crippen molar-refractivity contribution in [1.29, 1.82) is 0 Å². The van der Waals surface area contributed by atoms with Crippen LogP contribution < -0.4 is 4.74 Å². The Balaban J connectivity index is 2.38. The second-order valence-corrected chi connectivity index (χ2v) is 6.07. The van der Waals surface area contributed by atoms with E-state index in [1.54, 1.807) is 19.3 Å². The van der Waals surface area contributed by atoms with Gasteiger partial charge in [-0.1, -0.05) is 28.1 Å². The molecule has 1 unspecified atom stereocenters. The van der Waals surface area contributed by atoms with Crippen LogP contribution in [0.15, 0.2) is 47.2 Å². The average Bonchev–Trinajstić information content (AvgIpc) is 2.38. The lowest BCUT2D eigenvalue weighted by Crippen LogP contribution is -2.23. The highest BCUT2D eigenvalue weighted by molar-refractivity contribution is 9.10. The number of nitrogens with zero attached hydrogens (tertiary/aromatic N) is 1. The van der Waals surface area contributed by atoms with Crippen molar-refractivity contribution in [3.8, 4) is 5.75 Å². The highest BCUT2D eigenvalue weighted by Crippen LogP contribution is 2.31. The lowest BCUT2D eigenvalue weighted by Gasteiger charge is -2.25. The number of hydrogen-bond acceptors (Lipinski definition) is 3. The average molecular weight is 336 g/mol. The first-order valence-electron chi connectivity index (χ1n) is 6.50. The quantitative estimate of drug-likeness (QED) is 0.921. The summed E-state index contributed by atoms with van der Waals surface area (Å²) >= 11 is 3.42. The van der Waals surface area contributed by atoms with Crippen molar-refractivity contribution in [2.24, 2.45) is 0 Å². The van der Waals surface area contributed by atoms with Crippen LogP contribution in [0.2, 0.25) is 0 Å². The molecule has 106 valence electrons. The van der Waals surface area contributed by atoms with Crippen LogP contribution in [0.25, 0.3) is 0 Å². The first-order valence-corrected chi connectivity index (χ1v) is 7.29. The topological polar surface area (TPSA) is 42.4 Å². The molecule has 0 radical (unpaired) electrons. The van der Waals surface area contributed by atoms with Crippen LogP contribution in [0.4, 0.5) is 0 Å². The van der Waals surface area contributed by atoms with E-state index in [-0.39, 0.29) is 6.10 Å². The molecule has 0 saturated heterocycles. The molecule has 0 aliphatic carbocycles. The van der Waals surface area contributed by atoms with Crippen LogP contribution in [-0.2, 0) is 5.60 Å². The summed E-state index contributed by atoms with van der Waals surface area (Å²) in [7, 11) is 0. The van der Waals surface area contributed by atoms with E-state index in [2.05, 4.69) is 20.9 Å². The van der Waals surface area contributed by atoms with E-state index in [0.29, 0.717) is 11.3 Å². The van der Waals surface area contributed by atoms with Crippen LogP contribution in [0.5, 0.6) is 5.75 Å². The molecule has 1 heterocycles. The van der Waals surface area contributed by atoms with E-state index < -0.39 is 5.60 Å². The molecule has 1 N–H and O–H groups in total. The monoisotopic (exact) mass is 335 g/mol. The molecule has 0 aliphatic rings. The Bertz CT molecular complexity index is 597. The Labute approximate surface area is 127 Å².